The van der Waals surface area contributed by atoms with Crippen molar-refractivity contribution in [2.75, 3.05) is 47.5 Å². The number of carbonyl (C=O) groups is 3. The van der Waals surface area contributed by atoms with Gasteiger partial charge in [-0.1, -0.05) is 147 Å². The number of allylic oxidation sites excluding steroid dienone is 6. The first-order valence-corrected chi connectivity index (χ1v) is 23.2. The van der Waals surface area contributed by atoms with Gasteiger partial charge in [-0.3, -0.25) is 9.59 Å². The summed E-state index contributed by atoms with van der Waals surface area (Å²) < 4.78 is 22.7. The van der Waals surface area contributed by atoms with Crippen LogP contribution in [-0.2, 0) is 33.3 Å². The first-order chi connectivity index (χ1) is 27.6. The molecule has 0 saturated carbocycles. The molecule has 0 amide bonds. The van der Waals surface area contributed by atoms with Crippen LogP contribution in [0.1, 0.15) is 194 Å². The lowest BCUT2D eigenvalue weighted by atomic mass is 10.1. The van der Waals surface area contributed by atoms with Crippen molar-refractivity contribution in [1.82, 2.24) is 0 Å². The average Bonchev–Trinajstić information content (AvgIpc) is 3.17. The Morgan fingerprint density at radius 3 is 1.44 bits per heavy atom. The monoisotopic (exact) mass is 807 g/mol. The molecule has 2 unspecified atom stereocenters. The van der Waals surface area contributed by atoms with Gasteiger partial charge in [0.05, 0.1) is 34.4 Å². The zero-order chi connectivity index (χ0) is 42.1. The summed E-state index contributed by atoms with van der Waals surface area (Å²) in [4.78, 5) is 37.1. The van der Waals surface area contributed by atoms with Crippen molar-refractivity contribution in [3.05, 3.63) is 36.5 Å². The molecule has 57 heavy (non-hydrogen) atoms. The highest BCUT2D eigenvalue weighted by Crippen LogP contribution is 2.14. The molecule has 0 aromatic rings. The maximum absolute atomic E-state index is 12.8. The third-order valence-electron chi connectivity index (χ3n) is 9.87. The van der Waals surface area contributed by atoms with E-state index in [1.54, 1.807) is 0 Å². The molecule has 0 aliphatic carbocycles. The number of carboxylic acid groups (broad SMARTS) is 1. The average molecular weight is 807 g/mol. The number of carbonyl (C=O) groups excluding carboxylic acids is 2. The summed E-state index contributed by atoms with van der Waals surface area (Å²) in [6, 6.07) is 0. The molecule has 9 nitrogen and oxygen atoms in total. The summed E-state index contributed by atoms with van der Waals surface area (Å²) in [6.45, 7) is 4.82. The lowest BCUT2D eigenvalue weighted by molar-refractivity contribution is -0.870. The third-order valence-corrected chi connectivity index (χ3v) is 9.87. The fraction of sp³-hybridized carbons (Fsp3) is 0.812. The molecule has 0 spiro atoms. The number of aliphatic carboxylic acids is 1. The highest BCUT2D eigenvalue weighted by Gasteiger charge is 2.25. The van der Waals surface area contributed by atoms with Crippen LogP contribution in [0.3, 0.4) is 0 Å². The van der Waals surface area contributed by atoms with E-state index in [1.807, 2.05) is 21.1 Å². The van der Waals surface area contributed by atoms with E-state index < -0.39 is 24.3 Å². The van der Waals surface area contributed by atoms with Crippen LogP contribution in [0.25, 0.3) is 0 Å². The summed E-state index contributed by atoms with van der Waals surface area (Å²) in [5.74, 6) is -2.03. The van der Waals surface area contributed by atoms with Crippen molar-refractivity contribution in [2.24, 2.45) is 0 Å². The Morgan fingerprint density at radius 2 is 0.947 bits per heavy atom. The topological polar surface area (TPSA) is 108 Å². The van der Waals surface area contributed by atoms with Gasteiger partial charge in [0.1, 0.15) is 13.2 Å². The van der Waals surface area contributed by atoms with Gasteiger partial charge >= 0.3 is 17.9 Å². The van der Waals surface area contributed by atoms with Crippen LogP contribution in [-0.4, -0.2) is 87.4 Å². The summed E-state index contributed by atoms with van der Waals surface area (Å²) in [5.41, 5.74) is 0. The smallest absolute Gasteiger partial charge is 0.361 e. The molecule has 0 heterocycles. The SMILES string of the molecule is CCCCC/C=C\C/C=C\CCCCCCCC(=O)OC(COC(=O)CCCCCCCCC/C=C\CCCCCCCC)COC(OCC[N+](C)(C)C)C(=O)O. The van der Waals surface area contributed by atoms with Crippen molar-refractivity contribution in [1.29, 1.82) is 0 Å². The van der Waals surface area contributed by atoms with Gasteiger partial charge in [0.25, 0.3) is 6.29 Å². The van der Waals surface area contributed by atoms with Gasteiger partial charge in [-0.2, -0.15) is 0 Å². The van der Waals surface area contributed by atoms with Gasteiger partial charge in [-0.05, 0) is 70.6 Å². The van der Waals surface area contributed by atoms with Crippen molar-refractivity contribution < 1.29 is 42.9 Å². The fourth-order valence-corrected chi connectivity index (χ4v) is 6.21. The zero-order valence-corrected chi connectivity index (χ0v) is 37.5. The molecule has 0 bridgehead atoms. The summed E-state index contributed by atoms with van der Waals surface area (Å²) in [5, 5.41) is 9.64. The Morgan fingerprint density at radius 1 is 0.526 bits per heavy atom. The molecular weight excluding hydrogens is 719 g/mol. The number of hydrogen-bond donors (Lipinski definition) is 1. The maximum atomic E-state index is 12.8. The third kappa shape index (κ3) is 41.5. The van der Waals surface area contributed by atoms with Crippen LogP contribution in [0.5, 0.6) is 0 Å². The number of ether oxygens (including phenoxy) is 4. The van der Waals surface area contributed by atoms with Crippen molar-refractivity contribution in [3.8, 4) is 0 Å². The highest BCUT2D eigenvalue weighted by molar-refractivity contribution is 5.71. The van der Waals surface area contributed by atoms with E-state index in [4.69, 9.17) is 18.9 Å². The van der Waals surface area contributed by atoms with E-state index in [-0.39, 0.29) is 32.2 Å². The molecule has 0 aromatic heterocycles. The van der Waals surface area contributed by atoms with E-state index in [0.29, 0.717) is 23.9 Å². The summed E-state index contributed by atoms with van der Waals surface area (Å²) in [7, 11) is 5.95. The van der Waals surface area contributed by atoms with Gasteiger partial charge in [0.2, 0.25) is 0 Å². The van der Waals surface area contributed by atoms with E-state index >= 15 is 0 Å². The predicted molar refractivity (Wildman–Crippen MR) is 235 cm³/mol. The van der Waals surface area contributed by atoms with Crippen LogP contribution in [0, 0.1) is 0 Å². The van der Waals surface area contributed by atoms with Gasteiger partial charge in [0, 0.05) is 12.8 Å². The second-order valence-corrected chi connectivity index (χ2v) is 16.7. The van der Waals surface area contributed by atoms with E-state index in [0.717, 1.165) is 57.8 Å². The van der Waals surface area contributed by atoms with E-state index in [1.165, 1.54) is 103 Å². The molecule has 2 atom stereocenters. The van der Waals surface area contributed by atoms with Crippen LogP contribution in [0.2, 0.25) is 0 Å². The lowest BCUT2D eigenvalue weighted by Gasteiger charge is -2.25. The zero-order valence-electron chi connectivity index (χ0n) is 37.5. The molecular formula is C48H88NO8+. The Hall–Kier alpha value is -2.49. The predicted octanol–water partition coefficient (Wildman–Crippen LogP) is 12.2. The quantitative estimate of drug-likeness (QED) is 0.0214. The van der Waals surface area contributed by atoms with Crippen molar-refractivity contribution >= 4 is 17.9 Å². The van der Waals surface area contributed by atoms with E-state index in [9.17, 15) is 19.5 Å². The van der Waals surface area contributed by atoms with Crippen molar-refractivity contribution in [2.45, 2.75) is 206 Å². The first-order valence-electron chi connectivity index (χ1n) is 23.2. The molecule has 0 aliphatic heterocycles. The standard InChI is InChI=1S/C48H87NO8/c1-6-8-10-12-14-16-18-20-22-23-25-26-28-30-32-34-36-38-45(50)55-42-44(43-56-48(47(52)53)54-41-40-49(3,4)5)57-46(51)39-37-35-33-31-29-27-24-21-19-17-15-13-11-9-7-2/h15,17,20-22,24,44,48H,6-14,16,18-19,23,25-43H2,1-5H3/p+1/b17-15-,22-20-,24-21-. The largest absolute Gasteiger partial charge is 0.477 e. The Labute approximate surface area is 350 Å². The van der Waals surface area contributed by atoms with Crippen LogP contribution in [0.15, 0.2) is 36.5 Å². The minimum Gasteiger partial charge on any atom is -0.477 e. The van der Waals surface area contributed by atoms with Gasteiger partial charge in [0.15, 0.2) is 6.10 Å². The highest BCUT2D eigenvalue weighted by atomic mass is 16.7. The number of esters is 2. The lowest BCUT2D eigenvalue weighted by Crippen LogP contribution is -2.40. The first kappa shape index (κ1) is 54.5. The number of hydrogen-bond acceptors (Lipinski definition) is 7. The molecule has 0 rings (SSSR count). The Bertz CT molecular complexity index is 1030. The Kier molecular flexibility index (Phi) is 38.5. The summed E-state index contributed by atoms with van der Waals surface area (Å²) in [6.07, 6.45) is 42.0. The normalized spacial score (nSPS) is 13.2. The molecule has 0 aromatic carbocycles. The van der Waals surface area contributed by atoms with Gasteiger partial charge in [-0.25, -0.2) is 4.79 Å². The number of quaternary nitrogens is 1. The summed E-state index contributed by atoms with van der Waals surface area (Å²) >= 11 is 0. The molecule has 0 fully saturated rings. The van der Waals surface area contributed by atoms with Crippen molar-refractivity contribution in [3.63, 3.8) is 0 Å². The maximum Gasteiger partial charge on any atom is 0.361 e. The number of nitrogens with zero attached hydrogens (tertiary/aromatic N) is 1. The molecule has 0 aliphatic rings. The molecule has 1 N–H and O–H groups in total. The Balaban J connectivity index is 4.44. The van der Waals surface area contributed by atoms with Gasteiger partial charge < -0.3 is 28.5 Å². The second kappa shape index (κ2) is 40.3. The number of unbranched alkanes of at least 4 members (excludes halogenated alkanes) is 21. The van der Waals surface area contributed by atoms with Gasteiger partial charge in [-0.15, -0.1) is 0 Å². The minimum atomic E-state index is -1.51. The van der Waals surface area contributed by atoms with E-state index in [2.05, 4.69) is 50.3 Å². The fourth-order valence-electron chi connectivity index (χ4n) is 6.21. The van der Waals surface area contributed by atoms with Crippen LogP contribution >= 0.6 is 0 Å². The number of carboxylic acids is 1. The minimum absolute atomic E-state index is 0.184. The number of rotatable bonds is 42. The van der Waals surface area contributed by atoms with Crippen LogP contribution < -0.4 is 0 Å². The molecule has 0 saturated heterocycles. The molecule has 9 heteroatoms. The second-order valence-electron chi connectivity index (χ2n) is 16.7. The number of likely N-dealkylation sites (N-methyl/N-ethyl adjacent to an activating group) is 1. The van der Waals surface area contributed by atoms with Crippen LogP contribution in [0.4, 0.5) is 0 Å². The molecule has 332 valence electrons. The molecule has 0 radical (unpaired) electrons.